The number of nitrogens with one attached hydrogen (secondary N) is 1. The van der Waals surface area contributed by atoms with Crippen molar-refractivity contribution in [3.05, 3.63) is 62.6 Å². The predicted molar refractivity (Wildman–Crippen MR) is 99.0 cm³/mol. The fourth-order valence-electron chi connectivity index (χ4n) is 2.73. The summed E-state index contributed by atoms with van der Waals surface area (Å²) in [6.45, 7) is 1.25. The van der Waals surface area contributed by atoms with Crippen LogP contribution in [-0.2, 0) is 12.2 Å². The first-order valence-corrected chi connectivity index (χ1v) is 8.95. The van der Waals surface area contributed by atoms with Gasteiger partial charge in [0, 0.05) is 22.7 Å². The molecule has 0 aliphatic heterocycles. The van der Waals surface area contributed by atoms with E-state index in [0.29, 0.717) is 11.6 Å². The summed E-state index contributed by atoms with van der Waals surface area (Å²) < 4.78 is 92.1. The second-order valence-corrected chi connectivity index (χ2v) is 7.22. The van der Waals surface area contributed by atoms with Crippen molar-refractivity contribution >= 4 is 28.9 Å². The van der Waals surface area contributed by atoms with Crippen LogP contribution in [0.3, 0.4) is 0 Å². The van der Waals surface area contributed by atoms with E-state index < -0.39 is 34.8 Å². The van der Waals surface area contributed by atoms with Crippen LogP contribution in [0.2, 0.25) is 10.0 Å². The molecule has 12 heteroatoms. The van der Waals surface area contributed by atoms with E-state index in [-0.39, 0.29) is 34.4 Å². The normalized spacial score (nSPS) is 14.0. The largest absolute Gasteiger partial charge is 0.435 e. The van der Waals surface area contributed by atoms with Crippen molar-refractivity contribution in [1.82, 2.24) is 0 Å². The third-order valence-electron chi connectivity index (χ3n) is 4.36. The lowest BCUT2D eigenvalue weighted by Crippen LogP contribution is -2.50. The number of hydrogen-bond donors (Lipinski definition) is 3. The maximum absolute atomic E-state index is 14.3. The highest BCUT2D eigenvalue weighted by Gasteiger charge is 2.73. The fourth-order valence-corrected chi connectivity index (χ4v) is 3.32. The van der Waals surface area contributed by atoms with Gasteiger partial charge in [-0.25, -0.2) is 4.39 Å². The Morgan fingerprint density at radius 1 is 0.967 bits per heavy atom. The smallest absolute Gasteiger partial charge is 0.369 e. The van der Waals surface area contributed by atoms with Crippen LogP contribution in [0, 0.1) is 6.92 Å². The van der Waals surface area contributed by atoms with Gasteiger partial charge in [0.25, 0.3) is 0 Å². The van der Waals surface area contributed by atoms with Crippen LogP contribution in [0.5, 0.6) is 0 Å². The van der Waals surface area contributed by atoms with Gasteiger partial charge in [0.1, 0.15) is 0 Å². The van der Waals surface area contributed by atoms with E-state index in [9.17, 15) is 35.8 Å². The van der Waals surface area contributed by atoms with E-state index in [1.54, 1.807) is 0 Å². The van der Waals surface area contributed by atoms with E-state index in [4.69, 9.17) is 28.9 Å². The van der Waals surface area contributed by atoms with E-state index in [1.165, 1.54) is 18.2 Å². The minimum Gasteiger partial charge on any atom is -0.369 e. The molecule has 0 heterocycles. The van der Waals surface area contributed by atoms with Crippen molar-refractivity contribution in [1.29, 1.82) is 0 Å². The molecule has 166 valence electrons. The summed E-state index contributed by atoms with van der Waals surface area (Å²) in [5.41, 5.74) is -1.48. The predicted octanol–water partition coefficient (Wildman–Crippen LogP) is 6.15. The Hall–Kier alpha value is -1.75. The van der Waals surface area contributed by atoms with Gasteiger partial charge in [-0.1, -0.05) is 41.4 Å². The third-order valence-corrected chi connectivity index (χ3v) is 5.01. The van der Waals surface area contributed by atoms with Gasteiger partial charge in [0.2, 0.25) is 0 Å². The molecule has 0 amide bonds. The van der Waals surface area contributed by atoms with Crippen LogP contribution in [0.4, 0.5) is 36.4 Å². The number of rotatable bonds is 5. The lowest BCUT2D eigenvalue weighted by atomic mass is 9.92. The fraction of sp³-hybridized carbons (Fsp3) is 0.333. The van der Waals surface area contributed by atoms with Gasteiger partial charge < -0.3 is 16.2 Å². The van der Waals surface area contributed by atoms with Crippen LogP contribution < -0.4 is 11.1 Å². The van der Waals surface area contributed by atoms with Crippen molar-refractivity contribution < 1.29 is 35.8 Å². The first-order chi connectivity index (χ1) is 13.6. The highest BCUT2D eigenvalue weighted by atomic mass is 35.5. The Morgan fingerprint density at radius 2 is 1.53 bits per heavy atom. The first-order valence-electron chi connectivity index (χ1n) is 8.19. The first kappa shape index (κ1) is 24.5. The van der Waals surface area contributed by atoms with Crippen molar-refractivity contribution in [2.75, 3.05) is 5.32 Å². The monoisotopic (exact) mass is 478 g/mol. The lowest BCUT2D eigenvalue weighted by Gasteiger charge is -2.31. The van der Waals surface area contributed by atoms with Gasteiger partial charge in [-0.15, -0.1) is 0 Å². The molecule has 2 rings (SSSR count). The summed E-state index contributed by atoms with van der Waals surface area (Å²) in [5, 5.41) is 12.4. The number of anilines is 1. The highest BCUT2D eigenvalue weighted by Crippen LogP contribution is 2.54. The van der Waals surface area contributed by atoms with Gasteiger partial charge in [0.05, 0.1) is 10.7 Å². The molecule has 4 N–H and O–H groups in total. The zero-order chi connectivity index (χ0) is 23.1. The Balaban J connectivity index is 2.45. The van der Waals surface area contributed by atoms with Crippen molar-refractivity contribution in [3.8, 4) is 0 Å². The molecule has 0 saturated heterocycles. The molecule has 3 nitrogen and oxygen atoms in total. The van der Waals surface area contributed by atoms with E-state index in [1.807, 2.05) is 0 Å². The molecule has 2 aromatic carbocycles. The van der Waals surface area contributed by atoms with Crippen LogP contribution in [-0.4, -0.2) is 17.5 Å². The molecule has 0 bridgehead atoms. The number of nitrogens with two attached hydrogens (primary N) is 1. The second kappa shape index (κ2) is 8.41. The van der Waals surface area contributed by atoms with Gasteiger partial charge in [-0.2, -0.15) is 26.3 Å². The van der Waals surface area contributed by atoms with Crippen molar-refractivity contribution in [2.45, 2.75) is 37.7 Å². The molecule has 0 aromatic heterocycles. The standard InChI is InChI=1S/C18H15Cl2F7N2O/c1-8-4-11(16(21,17(22,23)24)18(25,26)27)6-13(20)14(8)29-15(30)9-2-3-10(7-28)12(19)5-9/h2-6,15,29-30H,7,28H2,1H3. The number of aliphatic hydroxyl groups is 1. The van der Waals surface area contributed by atoms with Gasteiger partial charge in [-0.3, -0.25) is 0 Å². The van der Waals surface area contributed by atoms with Crippen LogP contribution >= 0.6 is 23.2 Å². The number of halogens is 9. The summed E-state index contributed by atoms with van der Waals surface area (Å²) >= 11 is 11.8. The van der Waals surface area contributed by atoms with Crippen LogP contribution in [0.1, 0.15) is 28.5 Å². The van der Waals surface area contributed by atoms with Crippen molar-refractivity contribution in [2.24, 2.45) is 5.73 Å². The minimum atomic E-state index is -6.27. The number of aryl methyl sites for hydroxylation is 1. The van der Waals surface area contributed by atoms with Crippen LogP contribution in [0.15, 0.2) is 30.3 Å². The average molecular weight is 479 g/mol. The summed E-state index contributed by atoms with van der Waals surface area (Å²) in [6, 6.07) is 4.95. The van der Waals surface area contributed by atoms with E-state index >= 15 is 0 Å². The Kier molecular flexibility index (Phi) is 6.87. The number of alkyl halides is 7. The molecule has 0 spiro atoms. The molecule has 0 aliphatic carbocycles. The molecule has 0 saturated carbocycles. The maximum Gasteiger partial charge on any atom is 0.435 e. The molecular weight excluding hydrogens is 464 g/mol. The van der Waals surface area contributed by atoms with Crippen LogP contribution in [0.25, 0.3) is 0 Å². The SMILES string of the molecule is Cc1cc(C(F)(C(F)(F)F)C(F)(F)F)cc(Cl)c1NC(O)c1ccc(CN)c(Cl)c1. The average Bonchev–Trinajstić information content (AvgIpc) is 2.61. The van der Waals surface area contributed by atoms with Gasteiger partial charge >= 0.3 is 18.0 Å². The summed E-state index contributed by atoms with van der Waals surface area (Å²) in [5.74, 6) is 0. The second-order valence-electron chi connectivity index (χ2n) is 6.41. The van der Waals surface area contributed by atoms with Gasteiger partial charge in [-0.05, 0) is 30.2 Å². The zero-order valence-corrected chi connectivity index (χ0v) is 16.6. The molecule has 0 radical (unpaired) electrons. The Morgan fingerprint density at radius 3 is 1.97 bits per heavy atom. The number of aliphatic hydroxyl groups excluding tert-OH is 1. The molecule has 2 aromatic rings. The highest BCUT2D eigenvalue weighted by molar-refractivity contribution is 6.33. The summed E-state index contributed by atoms with van der Waals surface area (Å²) in [7, 11) is 0. The maximum atomic E-state index is 14.3. The molecule has 1 atom stereocenters. The zero-order valence-electron chi connectivity index (χ0n) is 15.1. The molecular formula is C18H15Cl2F7N2O. The summed E-state index contributed by atoms with van der Waals surface area (Å²) in [6.07, 6.45) is -14.0. The Labute approximate surface area is 176 Å². The minimum absolute atomic E-state index is 0.137. The van der Waals surface area contributed by atoms with Crippen molar-refractivity contribution in [3.63, 3.8) is 0 Å². The molecule has 0 fully saturated rings. The Bertz CT molecular complexity index is 895. The summed E-state index contributed by atoms with van der Waals surface area (Å²) in [4.78, 5) is 0. The van der Waals surface area contributed by atoms with E-state index in [0.717, 1.165) is 6.92 Å². The molecule has 1 unspecified atom stereocenters. The quantitative estimate of drug-likeness (QED) is 0.356. The number of benzene rings is 2. The number of hydrogen-bond acceptors (Lipinski definition) is 3. The molecule has 0 aliphatic rings. The molecule has 30 heavy (non-hydrogen) atoms. The topological polar surface area (TPSA) is 58.3 Å². The van der Waals surface area contributed by atoms with Gasteiger partial charge in [0.15, 0.2) is 6.23 Å². The third kappa shape index (κ3) is 4.46. The van der Waals surface area contributed by atoms with E-state index in [2.05, 4.69) is 5.32 Å². The lowest BCUT2D eigenvalue weighted by molar-refractivity contribution is -0.348.